The molecule has 24 heavy (non-hydrogen) atoms. The summed E-state index contributed by atoms with van der Waals surface area (Å²) in [6, 6.07) is 1.99. The molecular formula is C16H24FN3O4. The van der Waals surface area contributed by atoms with Crippen molar-refractivity contribution in [3.63, 3.8) is 0 Å². The van der Waals surface area contributed by atoms with Gasteiger partial charge in [0, 0.05) is 26.2 Å². The fraction of sp³-hybridized carbons (Fsp3) is 0.562. The average molecular weight is 341 g/mol. The van der Waals surface area contributed by atoms with Crippen molar-refractivity contribution in [2.75, 3.05) is 44.7 Å². The van der Waals surface area contributed by atoms with Gasteiger partial charge in [-0.05, 0) is 12.6 Å². The minimum atomic E-state index is -0.847. The third-order valence-electron chi connectivity index (χ3n) is 3.83. The molecule has 0 radical (unpaired) electrons. The zero-order valence-electron chi connectivity index (χ0n) is 14.5. The number of likely N-dealkylation sites (N-methyl/N-ethyl adjacent to an activating group) is 1. The molecule has 2 rings (SSSR count). The molecule has 1 heterocycles. The van der Waals surface area contributed by atoms with Gasteiger partial charge in [0.1, 0.15) is 5.56 Å². The predicted octanol–water partition coefficient (Wildman–Crippen LogP) is 2.69. The van der Waals surface area contributed by atoms with Crippen molar-refractivity contribution >= 4 is 17.3 Å². The summed E-state index contributed by atoms with van der Waals surface area (Å²) in [4.78, 5) is 25.9. The lowest BCUT2D eigenvalue weighted by Gasteiger charge is -2.35. The van der Waals surface area contributed by atoms with E-state index in [1.807, 2.05) is 13.8 Å². The van der Waals surface area contributed by atoms with Gasteiger partial charge in [0.2, 0.25) is 0 Å². The highest BCUT2D eigenvalue weighted by atomic mass is 19.1. The lowest BCUT2D eigenvalue weighted by atomic mass is 10.1. The average Bonchev–Trinajstić information content (AvgIpc) is 2.62. The van der Waals surface area contributed by atoms with Crippen molar-refractivity contribution in [2.45, 2.75) is 20.8 Å². The smallest absolute Gasteiger partial charge is 0.344 e. The molecule has 0 atom stereocenters. The van der Waals surface area contributed by atoms with Gasteiger partial charge in [-0.25, -0.2) is 9.18 Å². The van der Waals surface area contributed by atoms with Gasteiger partial charge >= 0.3 is 5.97 Å². The number of piperazine rings is 1. The third-order valence-corrected chi connectivity index (χ3v) is 3.83. The topological polar surface area (TPSA) is 75.9 Å². The number of carbonyl (C=O) groups excluding carboxylic acids is 1. The van der Waals surface area contributed by atoms with Crippen molar-refractivity contribution in [3.05, 3.63) is 33.6 Å². The molecule has 1 aromatic carbocycles. The van der Waals surface area contributed by atoms with Crippen molar-refractivity contribution in [1.29, 1.82) is 0 Å². The molecule has 1 aliphatic heterocycles. The van der Waals surface area contributed by atoms with Gasteiger partial charge in [-0.2, -0.15) is 0 Å². The number of benzene rings is 1. The van der Waals surface area contributed by atoms with Crippen LogP contribution in [0, 0.1) is 15.9 Å². The Hall–Kier alpha value is -2.22. The first-order chi connectivity index (χ1) is 11.5. The first-order valence-electron chi connectivity index (χ1n) is 8.01. The van der Waals surface area contributed by atoms with Crippen LogP contribution in [0.1, 0.15) is 31.1 Å². The molecule has 1 fully saturated rings. The van der Waals surface area contributed by atoms with Gasteiger partial charge in [0.05, 0.1) is 23.8 Å². The number of halogens is 1. The Labute approximate surface area is 141 Å². The summed E-state index contributed by atoms with van der Waals surface area (Å²) in [5, 5.41) is 11.0. The molecule has 0 spiro atoms. The maximum Gasteiger partial charge on any atom is 0.344 e. The molecule has 0 bridgehead atoms. The van der Waals surface area contributed by atoms with Crippen LogP contribution in [0.15, 0.2) is 12.1 Å². The molecule has 0 saturated carbocycles. The van der Waals surface area contributed by atoms with Gasteiger partial charge in [0.15, 0.2) is 5.82 Å². The predicted molar refractivity (Wildman–Crippen MR) is 90.1 cm³/mol. The van der Waals surface area contributed by atoms with Crippen LogP contribution in [0.3, 0.4) is 0 Å². The van der Waals surface area contributed by atoms with Crippen molar-refractivity contribution in [1.82, 2.24) is 4.90 Å². The second-order valence-electron chi connectivity index (χ2n) is 4.99. The highest BCUT2D eigenvalue weighted by Crippen LogP contribution is 2.29. The van der Waals surface area contributed by atoms with Gasteiger partial charge in [-0.15, -0.1) is 0 Å². The van der Waals surface area contributed by atoms with Crippen LogP contribution >= 0.6 is 0 Å². The van der Waals surface area contributed by atoms with E-state index < -0.39 is 22.4 Å². The molecular weight excluding hydrogens is 317 g/mol. The fourth-order valence-corrected chi connectivity index (χ4v) is 2.52. The number of ether oxygens (including phenoxy) is 1. The minimum Gasteiger partial charge on any atom is -0.465 e. The summed E-state index contributed by atoms with van der Waals surface area (Å²) in [6.07, 6.45) is 0. The van der Waals surface area contributed by atoms with Crippen LogP contribution < -0.4 is 4.90 Å². The second kappa shape index (κ2) is 9.17. The Kier molecular flexibility index (Phi) is 7.57. The van der Waals surface area contributed by atoms with Gasteiger partial charge in [-0.1, -0.05) is 20.8 Å². The standard InChI is InChI=1S/C14H18FN3O4.C2H6/c1-3-16-4-6-17(7-5-16)13-8-10(14(19)22-2)12(18(20)21)9-11(13)15;1-2/h8-9H,3-7H2,1-2H3;1-2H3. The largest absolute Gasteiger partial charge is 0.465 e. The maximum absolute atomic E-state index is 14.2. The number of rotatable bonds is 4. The normalized spacial score (nSPS) is 14.6. The number of anilines is 1. The third kappa shape index (κ3) is 4.41. The number of hydrogen-bond donors (Lipinski definition) is 0. The number of nitro groups is 1. The molecule has 1 aliphatic rings. The summed E-state index contributed by atoms with van der Waals surface area (Å²) < 4.78 is 18.8. The van der Waals surface area contributed by atoms with E-state index in [1.165, 1.54) is 6.07 Å². The SMILES string of the molecule is CC.CCN1CCN(c2cc(C(=O)OC)c([N+](=O)[O-])cc2F)CC1. The fourth-order valence-electron chi connectivity index (χ4n) is 2.52. The molecule has 0 unspecified atom stereocenters. The van der Waals surface area contributed by atoms with Gasteiger partial charge in [-0.3, -0.25) is 10.1 Å². The van der Waals surface area contributed by atoms with E-state index in [9.17, 15) is 19.3 Å². The van der Waals surface area contributed by atoms with Crippen LogP contribution in [0.2, 0.25) is 0 Å². The molecule has 0 N–H and O–H groups in total. The molecule has 1 aromatic rings. The van der Waals surface area contributed by atoms with Gasteiger partial charge < -0.3 is 14.5 Å². The molecule has 134 valence electrons. The van der Waals surface area contributed by atoms with Crippen LogP contribution in [0.25, 0.3) is 0 Å². The zero-order valence-corrected chi connectivity index (χ0v) is 14.5. The number of nitrogens with zero attached hydrogens (tertiary/aromatic N) is 3. The van der Waals surface area contributed by atoms with Gasteiger partial charge in [0.25, 0.3) is 5.69 Å². The van der Waals surface area contributed by atoms with E-state index in [1.54, 1.807) is 4.90 Å². The first-order valence-corrected chi connectivity index (χ1v) is 8.01. The molecule has 0 aliphatic carbocycles. The highest BCUT2D eigenvalue weighted by Gasteiger charge is 2.27. The lowest BCUT2D eigenvalue weighted by molar-refractivity contribution is -0.385. The Morgan fingerprint density at radius 2 is 1.88 bits per heavy atom. The Morgan fingerprint density at radius 3 is 2.33 bits per heavy atom. The number of carbonyl (C=O) groups is 1. The quantitative estimate of drug-likeness (QED) is 0.476. The van der Waals surface area contributed by atoms with E-state index in [4.69, 9.17) is 0 Å². The van der Waals surface area contributed by atoms with E-state index in [2.05, 4.69) is 16.6 Å². The summed E-state index contributed by atoms with van der Waals surface area (Å²) in [5.74, 6) is -1.55. The van der Waals surface area contributed by atoms with Crippen LogP contribution in [0.5, 0.6) is 0 Å². The van der Waals surface area contributed by atoms with E-state index in [0.29, 0.717) is 13.1 Å². The number of nitro benzene ring substituents is 1. The number of methoxy groups -OCH3 is 1. The molecule has 0 aromatic heterocycles. The summed E-state index contributed by atoms with van der Waals surface area (Å²) >= 11 is 0. The lowest BCUT2D eigenvalue weighted by Crippen LogP contribution is -2.46. The van der Waals surface area contributed by atoms with Crippen molar-refractivity contribution in [2.24, 2.45) is 0 Å². The summed E-state index contributed by atoms with van der Waals surface area (Å²) in [5.41, 5.74) is -0.621. The molecule has 7 nitrogen and oxygen atoms in total. The van der Waals surface area contributed by atoms with E-state index >= 15 is 0 Å². The number of hydrogen-bond acceptors (Lipinski definition) is 6. The van der Waals surface area contributed by atoms with Crippen LogP contribution in [0.4, 0.5) is 15.8 Å². The highest BCUT2D eigenvalue weighted by molar-refractivity contribution is 5.95. The number of esters is 1. The van der Waals surface area contributed by atoms with Crippen molar-refractivity contribution < 1.29 is 18.8 Å². The Balaban J connectivity index is 0.00000139. The van der Waals surface area contributed by atoms with E-state index in [0.717, 1.165) is 32.8 Å². The molecule has 0 amide bonds. The molecule has 1 saturated heterocycles. The Morgan fingerprint density at radius 1 is 1.29 bits per heavy atom. The van der Waals surface area contributed by atoms with Crippen LogP contribution in [-0.2, 0) is 4.74 Å². The summed E-state index contributed by atoms with van der Waals surface area (Å²) in [7, 11) is 1.13. The maximum atomic E-state index is 14.2. The van der Waals surface area contributed by atoms with E-state index in [-0.39, 0.29) is 11.3 Å². The molecule has 8 heteroatoms. The monoisotopic (exact) mass is 341 g/mol. The van der Waals surface area contributed by atoms with Crippen molar-refractivity contribution in [3.8, 4) is 0 Å². The Bertz CT molecular complexity index is 587. The minimum absolute atomic E-state index is 0.196. The first kappa shape index (κ1) is 19.8. The zero-order chi connectivity index (χ0) is 18.3. The van der Waals surface area contributed by atoms with Crippen LogP contribution in [-0.4, -0.2) is 55.6 Å². The summed E-state index contributed by atoms with van der Waals surface area (Å²) in [6.45, 7) is 9.73. The second-order valence-corrected chi connectivity index (χ2v) is 4.99.